The summed E-state index contributed by atoms with van der Waals surface area (Å²) in [5.41, 5.74) is 5.80. The van der Waals surface area contributed by atoms with Crippen LogP contribution in [-0.2, 0) is 13.0 Å². The summed E-state index contributed by atoms with van der Waals surface area (Å²) >= 11 is 1.60. The van der Waals surface area contributed by atoms with Crippen LogP contribution >= 0.6 is 11.3 Å². The highest BCUT2D eigenvalue weighted by molar-refractivity contribution is 7.13. The van der Waals surface area contributed by atoms with E-state index in [2.05, 4.69) is 22.1 Å². The molecular formula is C29H33N3O3S. The maximum atomic E-state index is 13.3. The molecule has 0 aliphatic heterocycles. The van der Waals surface area contributed by atoms with E-state index in [4.69, 9.17) is 14.5 Å². The molecule has 36 heavy (non-hydrogen) atoms. The van der Waals surface area contributed by atoms with Crippen LogP contribution < -0.4 is 9.47 Å². The lowest BCUT2D eigenvalue weighted by molar-refractivity contribution is 0.0772. The second-order valence-corrected chi connectivity index (χ2v) is 9.38. The molecule has 0 saturated carbocycles. The zero-order valence-electron chi connectivity index (χ0n) is 21.6. The van der Waals surface area contributed by atoms with Crippen molar-refractivity contribution in [1.82, 2.24) is 14.5 Å². The number of amides is 1. The lowest BCUT2D eigenvalue weighted by Crippen LogP contribution is -2.30. The van der Waals surface area contributed by atoms with Crippen LogP contribution in [0.5, 0.6) is 11.5 Å². The Bertz CT molecular complexity index is 1300. The van der Waals surface area contributed by atoms with Gasteiger partial charge in [0.2, 0.25) is 0 Å². The SMILES string of the molecule is CCN(CC)C(=O)c1cc(-c2csc(-c3ccc(OC)cc3)n2)n(CCc2ccc(OC)cc2)c1C. The van der Waals surface area contributed by atoms with Gasteiger partial charge in [-0.3, -0.25) is 4.79 Å². The molecule has 0 fully saturated rings. The van der Waals surface area contributed by atoms with Gasteiger partial charge in [-0.15, -0.1) is 11.3 Å². The molecule has 0 atom stereocenters. The highest BCUT2D eigenvalue weighted by Crippen LogP contribution is 2.33. The van der Waals surface area contributed by atoms with Crippen LogP contribution in [-0.4, -0.2) is 47.7 Å². The Morgan fingerprint density at radius 2 is 1.58 bits per heavy atom. The minimum absolute atomic E-state index is 0.0626. The molecule has 188 valence electrons. The molecule has 0 N–H and O–H groups in total. The molecule has 2 aromatic carbocycles. The highest BCUT2D eigenvalue weighted by Gasteiger charge is 2.23. The standard InChI is InChI=1S/C29H33N3O3S/c1-6-31(7-2)29(33)25-18-27(26-19-36-28(30-26)22-10-14-24(35-5)15-11-22)32(20(25)3)17-16-21-8-12-23(34-4)13-9-21/h8-15,18-19H,6-7,16-17H2,1-5H3. The molecule has 2 heterocycles. The van der Waals surface area contributed by atoms with Crippen LogP contribution in [0.4, 0.5) is 0 Å². The number of rotatable bonds is 10. The number of methoxy groups -OCH3 is 2. The minimum atomic E-state index is 0.0626. The van der Waals surface area contributed by atoms with Gasteiger partial charge in [-0.05, 0) is 75.2 Å². The van der Waals surface area contributed by atoms with Gasteiger partial charge in [-0.1, -0.05) is 12.1 Å². The van der Waals surface area contributed by atoms with Crippen molar-refractivity contribution in [3.8, 4) is 33.5 Å². The molecule has 0 radical (unpaired) electrons. The van der Waals surface area contributed by atoms with E-state index in [1.54, 1.807) is 25.6 Å². The normalized spacial score (nSPS) is 10.9. The largest absolute Gasteiger partial charge is 0.497 e. The van der Waals surface area contributed by atoms with Crippen molar-refractivity contribution >= 4 is 17.2 Å². The summed E-state index contributed by atoms with van der Waals surface area (Å²) in [4.78, 5) is 20.1. The number of aromatic nitrogens is 2. The van der Waals surface area contributed by atoms with Gasteiger partial charge in [-0.2, -0.15) is 0 Å². The second-order valence-electron chi connectivity index (χ2n) is 8.52. The number of ether oxygens (including phenoxy) is 2. The first-order valence-corrected chi connectivity index (χ1v) is 13.1. The number of hydrogen-bond donors (Lipinski definition) is 0. The van der Waals surface area contributed by atoms with Crippen molar-refractivity contribution in [3.63, 3.8) is 0 Å². The average molecular weight is 504 g/mol. The van der Waals surface area contributed by atoms with Crippen LogP contribution in [0.2, 0.25) is 0 Å². The Labute approximate surface area is 217 Å². The third-order valence-corrected chi connectivity index (χ3v) is 7.43. The third kappa shape index (κ3) is 5.31. The summed E-state index contributed by atoms with van der Waals surface area (Å²) in [5, 5.41) is 3.01. The zero-order chi connectivity index (χ0) is 25.7. The third-order valence-electron chi connectivity index (χ3n) is 6.53. The van der Waals surface area contributed by atoms with Crippen LogP contribution in [0.15, 0.2) is 60.0 Å². The molecule has 2 aromatic heterocycles. The van der Waals surface area contributed by atoms with Gasteiger partial charge in [0.25, 0.3) is 5.91 Å². The van der Waals surface area contributed by atoms with E-state index in [9.17, 15) is 4.79 Å². The summed E-state index contributed by atoms with van der Waals surface area (Å²) in [7, 11) is 3.34. The summed E-state index contributed by atoms with van der Waals surface area (Å²) in [6.07, 6.45) is 0.834. The molecular weight excluding hydrogens is 470 g/mol. The predicted molar refractivity (Wildman–Crippen MR) is 146 cm³/mol. The Kier molecular flexibility index (Phi) is 8.10. The highest BCUT2D eigenvalue weighted by atomic mass is 32.1. The number of aryl methyl sites for hydroxylation is 1. The first-order chi connectivity index (χ1) is 17.5. The number of carbonyl (C=O) groups is 1. The van der Waals surface area contributed by atoms with Crippen molar-refractivity contribution < 1.29 is 14.3 Å². The molecule has 0 unspecified atom stereocenters. The molecule has 0 saturated heterocycles. The maximum Gasteiger partial charge on any atom is 0.255 e. The van der Waals surface area contributed by atoms with Crippen molar-refractivity contribution in [2.45, 2.75) is 33.7 Å². The van der Waals surface area contributed by atoms with Gasteiger partial charge < -0.3 is 18.9 Å². The zero-order valence-corrected chi connectivity index (χ0v) is 22.4. The maximum absolute atomic E-state index is 13.3. The van der Waals surface area contributed by atoms with Crippen molar-refractivity contribution in [1.29, 1.82) is 0 Å². The predicted octanol–water partition coefficient (Wildman–Crippen LogP) is 6.33. The number of carbonyl (C=O) groups excluding carboxylic acids is 1. The number of benzene rings is 2. The second kappa shape index (κ2) is 11.4. The van der Waals surface area contributed by atoms with Crippen molar-refractivity contribution in [2.24, 2.45) is 0 Å². The minimum Gasteiger partial charge on any atom is -0.497 e. The molecule has 7 heteroatoms. The van der Waals surface area contributed by atoms with Gasteiger partial charge in [0.15, 0.2) is 0 Å². The first kappa shape index (κ1) is 25.5. The summed E-state index contributed by atoms with van der Waals surface area (Å²) in [6.45, 7) is 8.16. The van der Waals surface area contributed by atoms with Gasteiger partial charge in [0, 0.05) is 36.3 Å². The molecule has 4 aromatic rings. The Morgan fingerprint density at radius 3 is 2.17 bits per heavy atom. The fraction of sp³-hybridized carbons (Fsp3) is 0.310. The van der Waals surface area contributed by atoms with Crippen molar-refractivity contribution in [2.75, 3.05) is 27.3 Å². The average Bonchev–Trinajstić information content (AvgIpc) is 3.53. The molecule has 0 bridgehead atoms. The lowest BCUT2D eigenvalue weighted by Gasteiger charge is -2.18. The van der Waals surface area contributed by atoms with Crippen LogP contribution in [0.25, 0.3) is 22.0 Å². The number of hydrogen-bond acceptors (Lipinski definition) is 5. The fourth-order valence-corrected chi connectivity index (χ4v) is 5.15. The number of nitrogens with zero attached hydrogens (tertiary/aromatic N) is 3. The monoisotopic (exact) mass is 503 g/mol. The Morgan fingerprint density at radius 1 is 0.972 bits per heavy atom. The molecule has 1 amide bonds. The molecule has 0 spiro atoms. The molecule has 0 aliphatic carbocycles. The van der Waals surface area contributed by atoms with Gasteiger partial charge in [0.1, 0.15) is 16.5 Å². The van der Waals surface area contributed by atoms with E-state index in [1.807, 2.05) is 68.1 Å². The quantitative estimate of drug-likeness (QED) is 0.254. The smallest absolute Gasteiger partial charge is 0.255 e. The van der Waals surface area contributed by atoms with E-state index in [0.717, 1.165) is 57.7 Å². The fourth-order valence-electron chi connectivity index (χ4n) is 4.33. The summed E-state index contributed by atoms with van der Waals surface area (Å²) in [6, 6.07) is 18.1. The molecule has 4 rings (SSSR count). The summed E-state index contributed by atoms with van der Waals surface area (Å²) < 4.78 is 12.8. The van der Waals surface area contributed by atoms with E-state index in [1.165, 1.54) is 5.56 Å². The number of thiazole rings is 1. The van der Waals surface area contributed by atoms with E-state index >= 15 is 0 Å². The van der Waals surface area contributed by atoms with Gasteiger partial charge >= 0.3 is 0 Å². The van der Waals surface area contributed by atoms with E-state index in [-0.39, 0.29) is 5.91 Å². The Balaban J connectivity index is 1.69. The lowest BCUT2D eigenvalue weighted by atomic mass is 10.1. The van der Waals surface area contributed by atoms with E-state index in [0.29, 0.717) is 13.1 Å². The van der Waals surface area contributed by atoms with Crippen LogP contribution in [0, 0.1) is 6.92 Å². The van der Waals surface area contributed by atoms with Crippen molar-refractivity contribution in [3.05, 3.63) is 76.8 Å². The Hall–Kier alpha value is -3.58. The van der Waals surface area contributed by atoms with Gasteiger partial charge in [0.05, 0.1) is 31.2 Å². The van der Waals surface area contributed by atoms with E-state index < -0.39 is 0 Å². The van der Waals surface area contributed by atoms with Gasteiger partial charge in [-0.25, -0.2) is 4.98 Å². The molecule has 6 nitrogen and oxygen atoms in total. The summed E-state index contributed by atoms with van der Waals surface area (Å²) in [5.74, 6) is 1.72. The van der Waals surface area contributed by atoms with Crippen LogP contribution in [0.3, 0.4) is 0 Å². The molecule has 0 aliphatic rings. The first-order valence-electron chi connectivity index (χ1n) is 12.2. The van der Waals surface area contributed by atoms with Crippen LogP contribution in [0.1, 0.15) is 35.5 Å². The topological polar surface area (TPSA) is 56.6 Å².